The van der Waals surface area contributed by atoms with Gasteiger partial charge in [0.25, 0.3) is 0 Å². The molecule has 1 N–H and O–H groups in total. The number of carboxylic acids is 1. The molecule has 0 atom stereocenters. The van der Waals surface area contributed by atoms with Gasteiger partial charge in [0.15, 0.2) is 0 Å². The van der Waals surface area contributed by atoms with Gasteiger partial charge in [-0.2, -0.15) is 4.98 Å². The van der Waals surface area contributed by atoms with Gasteiger partial charge in [-0.3, -0.25) is 4.39 Å². The van der Waals surface area contributed by atoms with Gasteiger partial charge in [-0.25, -0.2) is 23.5 Å². The van der Waals surface area contributed by atoms with Crippen LogP contribution in [0.1, 0.15) is 45.7 Å². The lowest BCUT2D eigenvalue weighted by Gasteiger charge is -2.16. The molecule has 2 aromatic heterocycles. The highest BCUT2D eigenvalue weighted by Gasteiger charge is 2.43. The Labute approximate surface area is 239 Å². The Morgan fingerprint density at radius 1 is 1.02 bits per heavy atom. The van der Waals surface area contributed by atoms with E-state index in [1.165, 1.54) is 24.4 Å². The second-order valence-corrected chi connectivity index (χ2v) is 10.9. The topological polar surface area (TPSA) is 90.1 Å². The molecule has 3 aromatic carbocycles. The predicted octanol–water partition coefficient (Wildman–Crippen LogP) is 6.70. The van der Waals surface area contributed by atoms with Crippen molar-refractivity contribution in [3.8, 4) is 17.3 Å². The monoisotopic (exact) mass is 572 g/mol. The van der Waals surface area contributed by atoms with E-state index < -0.39 is 23.9 Å². The van der Waals surface area contributed by atoms with Crippen LogP contribution in [-0.2, 0) is 19.6 Å². The fourth-order valence-corrected chi connectivity index (χ4v) is 4.99. The van der Waals surface area contributed by atoms with Crippen molar-refractivity contribution >= 4 is 17.0 Å². The van der Waals surface area contributed by atoms with E-state index in [1.807, 2.05) is 4.57 Å². The number of benzene rings is 3. The van der Waals surface area contributed by atoms with Crippen LogP contribution in [0.2, 0.25) is 0 Å². The molecule has 2 heterocycles. The summed E-state index contributed by atoms with van der Waals surface area (Å²) in [6, 6.07) is 15.8. The molecule has 214 valence electrons. The van der Waals surface area contributed by atoms with E-state index in [9.17, 15) is 18.7 Å². The highest BCUT2D eigenvalue weighted by molar-refractivity contribution is 5.92. The van der Waals surface area contributed by atoms with Gasteiger partial charge >= 0.3 is 12.0 Å². The Morgan fingerprint density at radius 2 is 1.86 bits per heavy atom. The molecule has 0 saturated heterocycles. The van der Waals surface area contributed by atoms with Crippen LogP contribution in [0.15, 0.2) is 66.9 Å². The van der Waals surface area contributed by atoms with E-state index in [0.29, 0.717) is 40.2 Å². The van der Waals surface area contributed by atoms with Gasteiger partial charge < -0.3 is 14.4 Å². The maximum Gasteiger partial charge on any atom is 0.335 e. The molecule has 42 heavy (non-hydrogen) atoms. The van der Waals surface area contributed by atoms with Gasteiger partial charge in [0.1, 0.15) is 24.1 Å². The lowest BCUT2D eigenvalue weighted by molar-refractivity contribution is 0.0697. The number of imidazole rings is 1. The molecule has 1 saturated carbocycles. The third-order valence-corrected chi connectivity index (χ3v) is 7.68. The Hall–Kier alpha value is -4.73. The third kappa shape index (κ3) is 5.57. The predicted molar refractivity (Wildman–Crippen MR) is 150 cm³/mol. The zero-order valence-electron chi connectivity index (χ0n) is 22.8. The van der Waals surface area contributed by atoms with Crippen molar-refractivity contribution in [2.75, 3.05) is 6.67 Å². The molecule has 6 rings (SSSR count). The zero-order valence-corrected chi connectivity index (χ0v) is 22.8. The van der Waals surface area contributed by atoms with E-state index >= 15 is 4.39 Å². The summed E-state index contributed by atoms with van der Waals surface area (Å²) in [4.78, 5) is 24.6. The number of carboxylic acid groups (broad SMARTS) is 1. The van der Waals surface area contributed by atoms with E-state index in [1.54, 1.807) is 49.4 Å². The average molecular weight is 573 g/mol. The number of aromatic nitrogens is 4. The molecular formula is C32H27F3N4O3. The Balaban J connectivity index is 1.25. The highest BCUT2D eigenvalue weighted by atomic mass is 19.1. The quantitative estimate of drug-likeness (QED) is 0.200. The van der Waals surface area contributed by atoms with Crippen molar-refractivity contribution < 1.29 is 27.8 Å². The van der Waals surface area contributed by atoms with Crippen LogP contribution < -0.4 is 4.74 Å². The molecule has 1 fully saturated rings. The molecule has 1 aliphatic rings. The molecule has 0 aliphatic heterocycles. The first-order chi connectivity index (χ1) is 20.2. The van der Waals surface area contributed by atoms with Crippen LogP contribution >= 0.6 is 0 Å². The largest absolute Gasteiger partial charge is 0.478 e. The first kappa shape index (κ1) is 27.4. The number of hydrogen-bond acceptors (Lipinski definition) is 5. The fraction of sp³-hybridized carbons (Fsp3) is 0.250. The summed E-state index contributed by atoms with van der Waals surface area (Å²) in [5, 5.41) is 9.47. The summed E-state index contributed by atoms with van der Waals surface area (Å²) in [6.07, 6.45) is 3.20. The number of hydrogen-bond donors (Lipinski definition) is 1. The average Bonchev–Trinajstić information content (AvgIpc) is 3.68. The molecule has 0 amide bonds. The van der Waals surface area contributed by atoms with Crippen LogP contribution in [0.4, 0.5) is 13.2 Å². The van der Waals surface area contributed by atoms with Gasteiger partial charge in [0.05, 0.1) is 29.0 Å². The number of fused-ring (bicyclic) bond motifs is 1. The molecule has 0 spiro atoms. The summed E-state index contributed by atoms with van der Waals surface area (Å²) in [6.45, 7) is 1.62. The highest BCUT2D eigenvalue weighted by Crippen LogP contribution is 2.48. The number of carbonyl (C=O) groups is 1. The van der Waals surface area contributed by atoms with Gasteiger partial charge in [-0.1, -0.05) is 18.2 Å². The number of rotatable bonds is 10. The number of aryl methyl sites for hydroxylation is 1. The summed E-state index contributed by atoms with van der Waals surface area (Å²) in [7, 11) is 0. The molecule has 1 aliphatic carbocycles. The van der Waals surface area contributed by atoms with Crippen molar-refractivity contribution in [3.63, 3.8) is 0 Å². The van der Waals surface area contributed by atoms with Gasteiger partial charge in [-0.15, -0.1) is 0 Å². The summed E-state index contributed by atoms with van der Waals surface area (Å²) < 4.78 is 50.8. The second-order valence-electron chi connectivity index (χ2n) is 10.9. The zero-order chi connectivity index (χ0) is 29.4. The van der Waals surface area contributed by atoms with E-state index in [2.05, 4.69) is 9.97 Å². The Kier molecular flexibility index (Phi) is 7.14. The molecule has 7 nitrogen and oxygen atoms in total. The third-order valence-electron chi connectivity index (χ3n) is 7.68. The van der Waals surface area contributed by atoms with E-state index in [0.717, 1.165) is 18.4 Å². The van der Waals surface area contributed by atoms with Gasteiger partial charge in [-0.05, 0) is 73.4 Å². The first-order valence-corrected chi connectivity index (χ1v) is 13.5. The molecule has 10 heteroatoms. The van der Waals surface area contributed by atoms with Crippen molar-refractivity contribution in [1.82, 2.24) is 19.5 Å². The first-order valence-electron chi connectivity index (χ1n) is 13.5. The normalized spacial score (nSPS) is 13.8. The standard InChI is InChI=1S/C32H27F3N4O3/c1-19-2-4-22(24(34)12-19)16-42-31-36-11-8-26(38-31)23-6-3-20(13-25(23)35)14-29-37-27-7-5-21(30(40)41)15-28(27)39(29)18-32(17-33)9-10-32/h2-8,11-13,15H,9-10,14,16-18H2,1H3,(H,40,41). The lowest BCUT2D eigenvalue weighted by Crippen LogP contribution is -2.16. The SMILES string of the molecule is Cc1ccc(COc2nccc(-c3ccc(Cc4nc5ccc(C(=O)O)cc5n4CC4(CF)CC4)cc3F)n2)c(F)c1. The summed E-state index contributed by atoms with van der Waals surface area (Å²) in [5.74, 6) is -1.36. The second kappa shape index (κ2) is 10.9. The van der Waals surface area contributed by atoms with Crippen LogP contribution in [-0.4, -0.2) is 37.3 Å². The number of halogens is 3. The van der Waals surface area contributed by atoms with Crippen LogP contribution in [0.5, 0.6) is 6.01 Å². The molecule has 0 bridgehead atoms. The minimum Gasteiger partial charge on any atom is -0.478 e. The molecule has 5 aromatic rings. The molecule has 0 radical (unpaired) electrons. The van der Waals surface area contributed by atoms with Crippen LogP contribution in [0.25, 0.3) is 22.3 Å². The number of nitrogens with zero attached hydrogens (tertiary/aromatic N) is 4. The van der Waals surface area contributed by atoms with Crippen molar-refractivity contribution in [2.45, 2.75) is 39.3 Å². The lowest BCUT2D eigenvalue weighted by atomic mass is 10.1. The summed E-state index contributed by atoms with van der Waals surface area (Å²) in [5.41, 5.74) is 3.18. The Morgan fingerprint density at radius 3 is 2.57 bits per heavy atom. The summed E-state index contributed by atoms with van der Waals surface area (Å²) >= 11 is 0. The van der Waals surface area contributed by atoms with Crippen LogP contribution in [0.3, 0.4) is 0 Å². The minimum absolute atomic E-state index is 0.00716. The van der Waals surface area contributed by atoms with Gasteiger partial charge in [0, 0.05) is 35.7 Å². The van der Waals surface area contributed by atoms with Crippen molar-refractivity contribution in [3.05, 3.63) is 107 Å². The van der Waals surface area contributed by atoms with Crippen molar-refractivity contribution in [2.24, 2.45) is 5.41 Å². The van der Waals surface area contributed by atoms with Gasteiger partial charge in [0.2, 0.25) is 0 Å². The smallest absolute Gasteiger partial charge is 0.335 e. The molecule has 0 unspecified atom stereocenters. The van der Waals surface area contributed by atoms with Crippen LogP contribution in [0, 0.1) is 24.0 Å². The number of ether oxygens (including phenoxy) is 1. The van der Waals surface area contributed by atoms with E-state index in [-0.39, 0.29) is 36.0 Å². The minimum atomic E-state index is -1.06. The number of alkyl halides is 1. The maximum atomic E-state index is 15.4. The Bertz CT molecular complexity index is 1820. The van der Waals surface area contributed by atoms with Crippen molar-refractivity contribution in [1.29, 1.82) is 0 Å². The number of aromatic carboxylic acids is 1. The maximum absolute atomic E-state index is 15.4. The fourth-order valence-electron chi connectivity index (χ4n) is 4.99. The molecular weight excluding hydrogens is 545 g/mol. The van der Waals surface area contributed by atoms with E-state index in [4.69, 9.17) is 9.72 Å².